The van der Waals surface area contributed by atoms with Gasteiger partial charge in [-0.25, -0.2) is 8.78 Å². The normalized spacial score (nSPS) is 27.2. The van der Waals surface area contributed by atoms with Crippen molar-refractivity contribution in [1.29, 1.82) is 0 Å². The van der Waals surface area contributed by atoms with Gasteiger partial charge in [0.1, 0.15) is 11.6 Å². The number of rotatable bonds is 4. The lowest BCUT2D eigenvalue weighted by Gasteiger charge is -2.32. The Morgan fingerprint density at radius 3 is 2.79 bits per heavy atom. The van der Waals surface area contributed by atoms with Crippen LogP contribution in [0.2, 0.25) is 0 Å². The van der Waals surface area contributed by atoms with Crippen LogP contribution in [0.25, 0.3) is 0 Å². The Bertz CT molecular complexity index is 450. The Balaban J connectivity index is 2.17. The third kappa shape index (κ3) is 3.31. The summed E-state index contributed by atoms with van der Waals surface area (Å²) < 4.78 is 26.9. The SMILES string of the molecule is CN(C)C[C@@H]1CCC[C@]1(O)Cc1cc(F)ccc1F. The zero-order valence-corrected chi connectivity index (χ0v) is 11.5. The first-order valence-corrected chi connectivity index (χ1v) is 6.72. The summed E-state index contributed by atoms with van der Waals surface area (Å²) in [5.74, 6) is -0.780. The van der Waals surface area contributed by atoms with Gasteiger partial charge < -0.3 is 10.0 Å². The van der Waals surface area contributed by atoms with Gasteiger partial charge in [0.2, 0.25) is 0 Å². The third-order valence-corrected chi connectivity index (χ3v) is 4.01. The molecule has 1 fully saturated rings. The monoisotopic (exact) mass is 269 g/mol. The molecule has 0 aromatic heterocycles. The first-order valence-electron chi connectivity index (χ1n) is 6.72. The summed E-state index contributed by atoms with van der Waals surface area (Å²) >= 11 is 0. The molecule has 2 nitrogen and oxygen atoms in total. The molecule has 1 saturated carbocycles. The van der Waals surface area contributed by atoms with E-state index in [0.29, 0.717) is 6.42 Å². The van der Waals surface area contributed by atoms with Gasteiger partial charge in [-0.15, -0.1) is 0 Å². The summed E-state index contributed by atoms with van der Waals surface area (Å²) in [7, 11) is 3.92. The fourth-order valence-electron chi connectivity index (χ4n) is 3.07. The van der Waals surface area contributed by atoms with Crippen molar-refractivity contribution in [2.24, 2.45) is 5.92 Å². The highest BCUT2D eigenvalue weighted by molar-refractivity contribution is 5.21. The molecule has 0 heterocycles. The Labute approximate surface area is 113 Å². The fourth-order valence-corrected chi connectivity index (χ4v) is 3.07. The van der Waals surface area contributed by atoms with Gasteiger partial charge in [0, 0.05) is 18.9 Å². The van der Waals surface area contributed by atoms with Crippen molar-refractivity contribution in [3.05, 3.63) is 35.4 Å². The van der Waals surface area contributed by atoms with Crippen molar-refractivity contribution in [3.8, 4) is 0 Å². The van der Waals surface area contributed by atoms with E-state index in [9.17, 15) is 13.9 Å². The second kappa shape index (κ2) is 5.55. The summed E-state index contributed by atoms with van der Waals surface area (Å²) in [6, 6.07) is 3.43. The zero-order valence-electron chi connectivity index (χ0n) is 11.5. The number of aliphatic hydroxyl groups is 1. The van der Waals surface area contributed by atoms with Gasteiger partial charge in [-0.05, 0) is 50.7 Å². The summed E-state index contributed by atoms with van der Waals surface area (Å²) in [6.45, 7) is 0.771. The van der Waals surface area contributed by atoms with Crippen molar-refractivity contribution in [1.82, 2.24) is 4.90 Å². The Morgan fingerprint density at radius 1 is 1.37 bits per heavy atom. The maximum absolute atomic E-state index is 13.7. The van der Waals surface area contributed by atoms with E-state index in [-0.39, 0.29) is 17.9 Å². The predicted octanol–water partition coefficient (Wildman–Crippen LogP) is 2.60. The zero-order chi connectivity index (χ0) is 14.0. The lowest BCUT2D eigenvalue weighted by Crippen LogP contribution is -2.41. The van der Waals surface area contributed by atoms with Crippen molar-refractivity contribution >= 4 is 0 Å². The van der Waals surface area contributed by atoms with E-state index >= 15 is 0 Å². The molecule has 1 aromatic rings. The molecule has 0 spiro atoms. The van der Waals surface area contributed by atoms with E-state index in [4.69, 9.17) is 0 Å². The predicted molar refractivity (Wildman–Crippen MR) is 70.9 cm³/mol. The van der Waals surface area contributed by atoms with E-state index in [1.165, 1.54) is 6.07 Å². The highest BCUT2D eigenvalue weighted by atomic mass is 19.1. The summed E-state index contributed by atoms with van der Waals surface area (Å²) in [5.41, 5.74) is -0.646. The lowest BCUT2D eigenvalue weighted by atomic mass is 9.84. The number of halogens is 2. The molecule has 1 aromatic carbocycles. The maximum atomic E-state index is 13.7. The van der Waals surface area contributed by atoms with Gasteiger partial charge in [0.05, 0.1) is 5.60 Å². The van der Waals surface area contributed by atoms with Crippen LogP contribution < -0.4 is 0 Å². The molecule has 0 unspecified atom stereocenters. The first-order chi connectivity index (χ1) is 8.90. The van der Waals surface area contributed by atoms with Gasteiger partial charge in [-0.1, -0.05) is 6.42 Å². The summed E-state index contributed by atoms with van der Waals surface area (Å²) in [6.07, 6.45) is 2.72. The van der Waals surface area contributed by atoms with Crippen molar-refractivity contribution in [2.45, 2.75) is 31.3 Å². The molecule has 2 rings (SSSR count). The largest absolute Gasteiger partial charge is 0.389 e. The molecular formula is C15H21F2NO. The molecule has 4 heteroatoms. The van der Waals surface area contributed by atoms with Crippen molar-refractivity contribution in [3.63, 3.8) is 0 Å². The number of nitrogens with zero attached hydrogens (tertiary/aromatic N) is 1. The molecule has 1 aliphatic carbocycles. The van der Waals surface area contributed by atoms with Crippen LogP contribution in [0.3, 0.4) is 0 Å². The van der Waals surface area contributed by atoms with Crippen LogP contribution in [0, 0.1) is 17.6 Å². The molecule has 1 N–H and O–H groups in total. The van der Waals surface area contributed by atoms with E-state index < -0.39 is 17.2 Å². The summed E-state index contributed by atoms with van der Waals surface area (Å²) in [4.78, 5) is 2.03. The highest BCUT2D eigenvalue weighted by Gasteiger charge is 2.41. The smallest absolute Gasteiger partial charge is 0.126 e. The number of hydrogen-bond acceptors (Lipinski definition) is 2. The molecule has 0 radical (unpaired) electrons. The van der Waals surface area contributed by atoms with Gasteiger partial charge >= 0.3 is 0 Å². The minimum Gasteiger partial charge on any atom is -0.389 e. The van der Waals surface area contributed by atoms with Crippen LogP contribution in [0.5, 0.6) is 0 Å². The van der Waals surface area contributed by atoms with Crippen LogP contribution in [0.1, 0.15) is 24.8 Å². The molecule has 0 amide bonds. The van der Waals surface area contributed by atoms with Crippen molar-refractivity contribution < 1.29 is 13.9 Å². The van der Waals surface area contributed by atoms with E-state index in [1.54, 1.807) is 0 Å². The van der Waals surface area contributed by atoms with Crippen LogP contribution in [-0.2, 0) is 6.42 Å². The quantitative estimate of drug-likeness (QED) is 0.908. The molecule has 0 bridgehead atoms. The minimum atomic E-state index is -0.918. The van der Waals surface area contributed by atoms with E-state index in [1.807, 2.05) is 19.0 Å². The van der Waals surface area contributed by atoms with Gasteiger partial charge in [-0.3, -0.25) is 0 Å². The average Bonchev–Trinajstić information content (AvgIpc) is 2.65. The second-order valence-corrected chi connectivity index (χ2v) is 5.87. The van der Waals surface area contributed by atoms with E-state index in [0.717, 1.165) is 31.5 Å². The standard InChI is InChI=1S/C15H21F2NO/c1-18(2)10-12-4-3-7-15(12,19)9-11-8-13(16)5-6-14(11)17/h5-6,8,12,19H,3-4,7,9-10H2,1-2H3/t12-,15-/m0/s1. The molecule has 106 valence electrons. The molecule has 0 saturated heterocycles. The van der Waals surface area contributed by atoms with Gasteiger partial charge in [0.15, 0.2) is 0 Å². The number of benzene rings is 1. The fraction of sp³-hybridized carbons (Fsp3) is 0.600. The Hall–Kier alpha value is -1.00. The average molecular weight is 269 g/mol. The van der Waals surface area contributed by atoms with Crippen LogP contribution >= 0.6 is 0 Å². The second-order valence-electron chi connectivity index (χ2n) is 5.87. The molecule has 2 atom stereocenters. The molecule has 19 heavy (non-hydrogen) atoms. The highest BCUT2D eigenvalue weighted by Crippen LogP contribution is 2.39. The van der Waals surface area contributed by atoms with Crippen LogP contribution in [0.4, 0.5) is 8.78 Å². The Kier molecular flexibility index (Phi) is 4.21. The minimum absolute atomic E-state index is 0.116. The summed E-state index contributed by atoms with van der Waals surface area (Å²) in [5, 5.41) is 10.8. The first kappa shape index (κ1) is 14.4. The maximum Gasteiger partial charge on any atom is 0.126 e. The van der Waals surface area contributed by atoms with Gasteiger partial charge in [0.25, 0.3) is 0 Å². The third-order valence-electron chi connectivity index (χ3n) is 4.01. The Morgan fingerprint density at radius 2 is 2.11 bits per heavy atom. The van der Waals surface area contributed by atoms with E-state index in [2.05, 4.69) is 0 Å². The number of hydrogen-bond donors (Lipinski definition) is 1. The molecular weight excluding hydrogens is 248 g/mol. The molecule has 0 aliphatic heterocycles. The van der Waals surface area contributed by atoms with Crippen LogP contribution in [-0.4, -0.2) is 36.2 Å². The topological polar surface area (TPSA) is 23.5 Å². The molecule has 1 aliphatic rings. The van der Waals surface area contributed by atoms with Crippen molar-refractivity contribution in [2.75, 3.05) is 20.6 Å². The van der Waals surface area contributed by atoms with Crippen LogP contribution in [0.15, 0.2) is 18.2 Å². The van der Waals surface area contributed by atoms with Gasteiger partial charge in [-0.2, -0.15) is 0 Å². The lowest BCUT2D eigenvalue weighted by molar-refractivity contribution is -0.00638.